The van der Waals surface area contributed by atoms with Crippen molar-refractivity contribution in [3.05, 3.63) is 28.3 Å². The molecule has 19 heteroatoms. The van der Waals surface area contributed by atoms with E-state index >= 15 is 0 Å². The van der Waals surface area contributed by atoms with Crippen molar-refractivity contribution >= 4 is 120 Å². The molecule has 2 rings (SSSR count). The number of likely N-dealkylation sites (N-methyl/N-ethyl adjacent to an activating group) is 1. The molecule has 0 radical (unpaired) electrons. The molecule has 212 valence electrons. The van der Waals surface area contributed by atoms with Crippen LogP contribution >= 0.6 is 11.6 Å². The molecule has 0 spiro atoms. The number of hydroxylamine groups is 2. The Bertz CT molecular complexity index is 1440. The number of aliphatic hydroxyl groups is 1. The summed E-state index contributed by atoms with van der Waals surface area (Å²) in [6.45, 7) is 0.818. The zero-order valence-electron chi connectivity index (χ0n) is 20.0. The number of allylic oxidation sites excluding steroid dienone is 1. The molecule has 1 aliphatic rings. The van der Waals surface area contributed by atoms with Gasteiger partial charge in [0.05, 0.1) is 17.9 Å². The first-order valence-corrected chi connectivity index (χ1v) is 21.6. The van der Waals surface area contributed by atoms with Gasteiger partial charge in [0.1, 0.15) is 16.2 Å². The summed E-state index contributed by atoms with van der Waals surface area (Å²) >= 11 is 15.5. The third-order valence-corrected chi connectivity index (χ3v) is 18.0. The summed E-state index contributed by atoms with van der Waals surface area (Å²) in [7, 11) is 7.91. The van der Waals surface area contributed by atoms with E-state index in [0.29, 0.717) is 6.42 Å². The van der Waals surface area contributed by atoms with E-state index in [1.165, 1.54) is 44.9 Å². The summed E-state index contributed by atoms with van der Waals surface area (Å²) in [5, 5.41) is 11.1. The molecule has 0 unspecified atom stereocenters. The van der Waals surface area contributed by atoms with E-state index in [1.54, 1.807) is 35.5 Å². The van der Waals surface area contributed by atoms with Crippen LogP contribution in [0.3, 0.4) is 0 Å². The van der Waals surface area contributed by atoms with Gasteiger partial charge in [-0.3, -0.25) is 19.2 Å². The monoisotopic (exact) mass is 715 g/mol. The number of rotatable bonds is 7. The number of hydrogen-bond acceptors (Lipinski definition) is 10. The fourth-order valence-electron chi connectivity index (χ4n) is 2.84. The lowest BCUT2D eigenvalue weighted by Gasteiger charge is -2.19. The zero-order chi connectivity index (χ0) is 28.9. The smallest absolute Gasteiger partial charge is 0.283 e. The number of benzene rings is 1. The highest BCUT2D eigenvalue weighted by Crippen LogP contribution is 2.39. The number of carbonyl (C=O) groups excluding carboxylic acids is 3. The molecular formula is C19H22ClNO8S9. The molecule has 0 aromatic heterocycles. The number of sulfone groups is 1. The van der Waals surface area contributed by atoms with Crippen LogP contribution in [0.25, 0.3) is 5.76 Å². The minimum atomic E-state index is -3.81. The second kappa shape index (κ2) is 17.9. The van der Waals surface area contributed by atoms with Gasteiger partial charge in [0, 0.05) is 101 Å². The average Bonchev–Trinajstić information content (AvgIpc) is 2.89. The van der Waals surface area contributed by atoms with E-state index < -0.39 is 39.7 Å². The molecule has 0 aliphatic heterocycles. The number of Topliss-reactive ketones (excluding diaryl/α,β-unsaturated/α-hetero) is 2. The molecule has 0 heterocycles. The maximum atomic E-state index is 12.5. The second-order valence-corrected chi connectivity index (χ2v) is 20.1. The number of aliphatic hydroxyl groups excluding tert-OH is 1. The minimum absolute atomic E-state index is 0.103. The van der Waals surface area contributed by atoms with Gasteiger partial charge in [-0.05, 0) is 18.6 Å². The largest absolute Gasteiger partial charge is 0.506 e. The third-order valence-electron chi connectivity index (χ3n) is 4.74. The summed E-state index contributed by atoms with van der Waals surface area (Å²) in [5.74, 6) is -2.96. The minimum Gasteiger partial charge on any atom is -0.506 e. The molecule has 1 saturated carbocycles. The number of ketones is 2. The number of carbonyl (C=O) groups is 3. The van der Waals surface area contributed by atoms with Gasteiger partial charge in [-0.25, -0.2) is 13.5 Å². The van der Waals surface area contributed by atoms with E-state index in [4.69, 9.17) is 21.2 Å². The van der Waals surface area contributed by atoms with E-state index in [0.717, 1.165) is 11.1 Å². The van der Waals surface area contributed by atoms with Gasteiger partial charge in [-0.1, -0.05) is 18.5 Å². The molecule has 1 aromatic rings. The average molecular weight is 716 g/mol. The number of hydrogen-bond donors (Lipinski definition) is 1. The molecule has 1 aliphatic carbocycles. The molecule has 0 bridgehead atoms. The fraction of sp³-hybridized carbons (Fsp3) is 0.421. The Morgan fingerprint density at radius 2 is 1.66 bits per heavy atom. The first-order valence-electron chi connectivity index (χ1n) is 10.2. The van der Waals surface area contributed by atoms with Crippen molar-refractivity contribution in [2.45, 2.75) is 31.1 Å². The molecule has 0 atom stereocenters. The van der Waals surface area contributed by atoms with Crippen LogP contribution in [-0.2, 0) is 105 Å². The highest BCUT2D eigenvalue weighted by molar-refractivity contribution is 8.70. The Balaban J connectivity index is 0.000000781. The van der Waals surface area contributed by atoms with E-state index in [-0.39, 0.29) is 45.4 Å². The molecule has 1 amide bonds. The van der Waals surface area contributed by atoms with Gasteiger partial charge in [-0.15, -0.1) is 0 Å². The van der Waals surface area contributed by atoms with Gasteiger partial charge < -0.3 is 9.84 Å². The standard InChI is InChI=1S/C19H22ClNO8S.S8/c1-4-30(26,27)14-9-8-11(18(25)16-12(22)6-5-7-13(16)23)17(20)19(14)29-10-15(24)21(2)28-3;1-3-5-7-8-6-4-2/h8-9,25H,4-7,10H2,1-3H3;. The molecular weight excluding hydrogens is 694 g/mol. The number of nitrogens with zero attached hydrogens (tertiary/aromatic N) is 1. The van der Waals surface area contributed by atoms with Crippen LogP contribution in [0.15, 0.2) is 22.6 Å². The number of ether oxygens (including phenoxy) is 1. The van der Waals surface area contributed by atoms with Gasteiger partial charge in [0.15, 0.2) is 33.8 Å². The topological polar surface area (TPSA) is 127 Å². The van der Waals surface area contributed by atoms with Crippen molar-refractivity contribution in [2.75, 3.05) is 26.5 Å². The van der Waals surface area contributed by atoms with E-state index in [9.17, 15) is 27.9 Å². The molecule has 38 heavy (non-hydrogen) atoms. The summed E-state index contributed by atoms with van der Waals surface area (Å²) < 4.78 is 30.3. The summed E-state index contributed by atoms with van der Waals surface area (Å²) in [6.07, 6.45) is 0.595. The fourth-order valence-corrected chi connectivity index (χ4v) is 15.2. The maximum Gasteiger partial charge on any atom is 0.283 e. The predicted molar refractivity (Wildman–Crippen MR) is 167 cm³/mol. The van der Waals surface area contributed by atoms with Gasteiger partial charge >= 0.3 is 0 Å². The second-order valence-electron chi connectivity index (χ2n) is 6.85. The quantitative estimate of drug-likeness (QED) is 0.194. The summed E-state index contributed by atoms with van der Waals surface area (Å²) in [6, 6.07) is 2.34. The Hall–Kier alpha value is -0.670. The SMILES string of the molecule is CCS(=O)(=O)c1ccc(C(O)=C2C(=O)CCCC2=O)c(Cl)c1OCC(=O)N(C)OC.S=S=S=S=S=S=S=S. The molecule has 0 saturated heterocycles. The first-order chi connectivity index (χ1) is 18.0. The van der Waals surface area contributed by atoms with Crippen LogP contribution in [0.4, 0.5) is 0 Å². The van der Waals surface area contributed by atoms with Crippen LogP contribution in [0, 0.1) is 0 Å². The van der Waals surface area contributed by atoms with Crippen LogP contribution in [0.1, 0.15) is 31.7 Å². The van der Waals surface area contributed by atoms with Gasteiger partial charge in [-0.2, -0.15) is 0 Å². The predicted octanol–water partition coefficient (Wildman–Crippen LogP) is 2.10. The Morgan fingerprint density at radius 1 is 1.11 bits per heavy atom. The summed E-state index contributed by atoms with van der Waals surface area (Å²) in [4.78, 5) is 40.7. The van der Waals surface area contributed by atoms with Crippen LogP contribution in [0.5, 0.6) is 5.75 Å². The van der Waals surface area contributed by atoms with Crippen molar-refractivity contribution in [1.29, 1.82) is 0 Å². The highest BCUT2D eigenvalue weighted by Gasteiger charge is 2.31. The zero-order valence-corrected chi connectivity index (χ0v) is 28.1. The van der Waals surface area contributed by atoms with Crippen LogP contribution in [0.2, 0.25) is 5.02 Å². The Kier molecular flexibility index (Phi) is 16.7. The number of amides is 1. The van der Waals surface area contributed by atoms with Crippen LogP contribution < -0.4 is 4.74 Å². The van der Waals surface area contributed by atoms with Crippen molar-refractivity contribution in [2.24, 2.45) is 0 Å². The van der Waals surface area contributed by atoms with Gasteiger partial charge in [0.25, 0.3) is 5.91 Å². The Labute approximate surface area is 252 Å². The molecule has 1 fully saturated rings. The molecule has 1 aromatic carbocycles. The Morgan fingerprint density at radius 3 is 2.13 bits per heavy atom. The lowest BCUT2D eigenvalue weighted by molar-refractivity contribution is -0.170. The normalized spacial score (nSPS) is 12.9. The van der Waals surface area contributed by atoms with Crippen LogP contribution in [-0.4, -0.2) is 62.6 Å². The van der Waals surface area contributed by atoms with Crippen molar-refractivity contribution in [3.63, 3.8) is 0 Å². The lowest BCUT2D eigenvalue weighted by Crippen LogP contribution is -2.30. The third kappa shape index (κ3) is 10.4. The molecule has 9 nitrogen and oxygen atoms in total. The maximum absolute atomic E-state index is 12.5. The first kappa shape index (κ1) is 35.4. The van der Waals surface area contributed by atoms with E-state index in [2.05, 4.69) is 22.4 Å². The number of halogens is 1. The highest BCUT2D eigenvalue weighted by atomic mass is 35.5. The van der Waals surface area contributed by atoms with Crippen molar-refractivity contribution in [3.8, 4) is 5.75 Å². The van der Waals surface area contributed by atoms with E-state index in [1.807, 2.05) is 0 Å². The molecule has 1 N–H and O–H groups in total. The lowest BCUT2D eigenvalue weighted by atomic mass is 9.90. The van der Waals surface area contributed by atoms with Crippen molar-refractivity contribution in [1.82, 2.24) is 5.06 Å². The van der Waals surface area contributed by atoms with Gasteiger partial charge in [0.2, 0.25) is 0 Å². The van der Waals surface area contributed by atoms with Crippen molar-refractivity contribution < 1.29 is 37.5 Å². The summed E-state index contributed by atoms with van der Waals surface area (Å²) in [5.41, 5.74) is -0.525.